The number of aromatic nitrogens is 2. The number of thioether (sulfide) groups is 1. The summed E-state index contributed by atoms with van der Waals surface area (Å²) >= 11 is 7.55. The average molecular weight is 264 g/mol. The highest BCUT2D eigenvalue weighted by atomic mass is 35.5. The fourth-order valence-electron chi connectivity index (χ4n) is 1.41. The first-order valence-electron chi connectivity index (χ1n) is 5.13. The molecule has 4 nitrogen and oxygen atoms in total. The number of aliphatic hydroxyl groups is 1. The summed E-state index contributed by atoms with van der Waals surface area (Å²) in [6.07, 6.45) is 3.64. The number of rotatable bonds is 6. The molecule has 2 N–H and O–H groups in total. The lowest BCUT2D eigenvalue weighted by molar-refractivity contribution is 0.275. The Labute approximate surface area is 105 Å². The molecule has 1 heterocycles. The molecule has 92 valence electrons. The maximum Gasteiger partial charge on any atom is 0.128 e. The maximum absolute atomic E-state index is 9.15. The van der Waals surface area contributed by atoms with Gasteiger partial charge in [0.05, 0.1) is 19.3 Å². The molecule has 2 unspecified atom stereocenters. The Morgan fingerprint density at radius 1 is 1.69 bits per heavy atom. The van der Waals surface area contributed by atoms with Crippen molar-refractivity contribution in [1.82, 2.24) is 14.9 Å². The lowest BCUT2D eigenvalue weighted by Gasteiger charge is -2.21. The van der Waals surface area contributed by atoms with Gasteiger partial charge in [0.1, 0.15) is 11.0 Å². The van der Waals surface area contributed by atoms with Crippen molar-refractivity contribution in [3.8, 4) is 0 Å². The van der Waals surface area contributed by atoms with E-state index in [9.17, 15) is 0 Å². The third kappa shape index (κ3) is 3.38. The monoisotopic (exact) mass is 263 g/mol. The Hall–Kier alpha value is -0.230. The summed E-state index contributed by atoms with van der Waals surface area (Å²) in [5.74, 6) is 0.898. The van der Waals surface area contributed by atoms with Crippen LogP contribution in [0.25, 0.3) is 0 Å². The van der Waals surface area contributed by atoms with Gasteiger partial charge >= 0.3 is 0 Å². The molecule has 0 spiro atoms. The molecule has 0 saturated carbocycles. The van der Waals surface area contributed by atoms with E-state index in [0.29, 0.717) is 11.7 Å². The van der Waals surface area contributed by atoms with Gasteiger partial charge in [0.25, 0.3) is 0 Å². The van der Waals surface area contributed by atoms with Crippen LogP contribution in [0.1, 0.15) is 12.7 Å². The van der Waals surface area contributed by atoms with Crippen LogP contribution in [-0.4, -0.2) is 38.8 Å². The molecule has 16 heavy (non-hydrogen) atoms. The van der Waals surface area contributed by atoms with Crippen LogP contribution >= 0.6 is 23.4 Å². The van der Waals surface area contributed by atoms with Gasteiger partial charge in [-0.3, -0.25) is 0 Å². The molecule has 0 bridgehead atoms. The van der Waals surface area contributed by atoms with Crippen molar-refractivity contribution < 1.29 is 5.11 Å². The second-order valence-electron chi connectivity index (χ2n) is 3.68. The smallest absolute Gasteiger partial charge is 0.128 e. The Morgan fingerprint density at radius 2 is 2.38 bits per heavy atom. The minimum absolute atomic E-state index is 0.177. The summed E-state index contributed by atoms with van der Waals surface area (Å²) in [6, 6.07) is 0.232. The molecule has 0 aliphatic rings. The van der Waals surface area contributed by atoms with E-state index >= 15 is 0 Å². The van der Waals surface area contributed by atoms with E-state index < -0.39 is 0 Å². The van der Waals surface area contributed by atoms with Crippen LogP contribution in [-0.2, 0) is 13.6 Å². The molecular weight excluding hydrogens is 246 g/mol. The fraction of sp³-hybridized carbons (Fsp3) is 0.700. The highest BCUT2D eigenvalue weighted by molar-refractivity contribution is 7.99. The zero-order valence-electron chi connectivity index (χ0n) is 9.77. The topological polar surface area (TPSA) is 50.1 Å². The first kappa shape index (κ1) is 13.8. The van der Waals surface area contributed by atoms with Crippen LogP contribution in [0, 0.1) is 0 Å². The van der Waals surface area contributed by atoms with Gasteiger partial charge in [0.15, 0.2) is 0 Å². The van der Waals surface area contributed by atoms with Crippen LogP contribution in [0.15, 0.2) is 6.20 Å². The standard InChI is InChI=1S/C10H18ClN3OS/c1-7(8(6-15)16-3)12-5-10-13-4-9(11)14(10)2/h4,7-8,12,15H,5-6H2,1-3H3. The van der Waals surface area contributed by atoms with E-state index in [-0.39, 0.29) is 17.9 Å². The van der Waals surface area contributed by atoms with Crippen molar-refractivity contribution >= 4 is 23.4 Å². The lowest BCUT2D eigenvalue weighted by atomic mass is 10.2. The first-order valence-corrected chi connectivity index (χ1v) is 6.79. The SMILES string of the molecule is CSC(CO)C(C)NCc1ncc(Cl)n1C. The quantitative estimate of drug-likeness (QED) is 0.812. The molecule has 0 aliphatic heterocycles. The highest BCUT2D eigenvalue weighted by Crippen LogP contribution is 2.12. The van der Waals surface area contributed by atoms with Crippen molar-refractivity contribution in [2.45, 2.75) is 24.8 Å². The average Bonchev–Trinajstić information content (AvgIpc) is 2.59. The van der Waals surface area contributed by atoms with Crippen molar-refractivity contribution in [1.29, 1.82) is 0 Å². The summed E-state index contributed by atoms with van der Waals surface area (Å²) in [7, 11) is 1.88. The molecular formula is C10H18ClN3OS. The zero-order chi connectivity index (χ0) is 12.1. The molecule has 0 saturated heterocycles. The number of nitrogens with one attached hydrogen (secondary N) is 1. The minimum atomic E-state index is 0.177. The van der Waals surface area contributed by atoms with E-state index in [4.69, 9.17) is 16.7 Å². The molecule has 0 radical (unpaired) electrons. The molecule has 1 rings (SSSR count). The molecule has 6 heteroatoms. The predicted octanol–water partition coefficient (Wildman–Crippen LogP) is 1.28. The van der Waals surface area contributed by atoms with E-state index in [2.05, 4.69) is 17.2 Å². The van der Waals surface area contributed by atoms with E-state index in [1.54, 1.807) is 18.0 Å². The molecule has 0 aliphatic carbocycles. The van der Waals surface area contributed by atoms with E-state index in [1.807, 2.05) is 17.9 Å². The van der Waals surface area contributed by atoms with Crippen LogP contribution < -0.4 is 5.32 Å². The van der Waals surface area contributed by atoms with Gasteiger partial charge in [-0.2, -0.15) is 11.8 Å². The largest absolute Gasteiger partial charge is 0.395 e. The molecule has 1 aromatic rings. The summed E-state index contributed by atoms with van der Waals surface area (Å²) in [5, 5.41) is 13.3. The van der Waals surface area contributed by atoms with Crippen LogP contribution in [0.3, 0.4) is 0 Å². The van der Waals surface area contributed by atoms with Gasteiger partial charge in [0.2, 0.25) is 0 Å². The summed E-state index contributed by atoms with van der Waals surface area (Å²) in [6.45, 7) is 2.89. The zero-order valence-corrected chi connectivity index (χ0v) is 11.3. The molecule has 0 aromatic carbocycles. The number of hydrogen-bond donors (Lipinski definition) is 2. The lowest BCUT2D eigenvalue weighted by Crippen LogP contribution is -2.37. The van der Waals surface area contributed by atoms with Gasteiger partial charge in [-0.05, 0) is 13.2 Å². The second kappa shape index (κ2) is 6.49. The number of imidazole rings is 1. The predicted molar refractivity (Wildman–Crippen MR) is 68.9 cm³/mol. The van der Waals surface area contributed by atoms with Gasteiger partial charge < -0.3 is 15.0 Å². The molecule has 1 aromatic heterocycles. The van der Waals surface area contributed by atoms with Crippen molar-refractivity contribution in [3.63, 3.8) is 0 Å². The Morgan fingerprint density at radius 3 is 2.81 bits per heavy atom. The van der Waals surface area contributed by atoms with Gasteiger partial charge in [-0.15, -0.1) is 0 Å². The number of hydrogen-bond acceptors (Lipinski definition) is 4. The van der Waals surface area contributed by atoms with Crippen LogP contribution in [0.2, 0.25) is 5.15 Å². The van der Waals surface area contributed by atoms with Crippen molar-refractivity contribution in [2.75, 3.05) is 12.9 Å². The Bertz CT molecular complexity index is 328. The van der Waals surface area contributed by atoms with Gasteiger partial charge in [-0.25, -0.2) is 4.98 Å². The van der Waals surface area contributed by atoms with Crippen LogP contribution in [0.5, 0.6) is 0 Å². The number of aliphatic hydroxyl groups excluding tert-OH is 1. The van der Waals surface area contributed by atoms with Gasteiger partial charge in [0, 0.05) is 18.3 Å². The van der Waals surface area contributed by atoms with Crippen molar-refractivity contribution in [2.24, 2.45) is 7.05 Å². The Balaban J connectivity index is 2.48. The third-order valence-electron chi connectivity index (χ3n) is 2.65. The first-order chi connectivity index (χ1) is 7.60. The highest BCUT2D eigenvalue weighted by Gasteiger charge is 2.15. The molecule has 2 atom stereocenters. The summed E-state index contributed by atoms with van der Waals surface area (Å²) in [5.41, 5.74) is 0. The number of halogens is 1. The van der Waals surface area contributed by atoms with E-state index in [1.165, 1.54) is 0 Å². The normalized spacial score (nSPS) is 15.1. The number of nitrogens with zero attached hydrogens (tertiary/aromatic N) is 2. The maximum atomic E-state index is 9.15. The van der Waals surface area contributed by atoms with Crippen LogP contribution in [0.4, 0.5) is 0 Å². The second-order valence-corrected chi connectivity index (χ2v) is 5.15. The molecule has 0 amide bonds. The minimum Gasteiger partial charge on any atom is -0.395 e. The Kier molecular flexibility index (Phi) is 5.61. The molecule has 0 fully saturated rings. The van der Waals surface area contributed by atoms with E-state index in [0.717, 1.165) is 5.82 Å². The fourth-order valence-corrected chi connectivity index (χ4v) is 2.21. The van der Waals surface area contributed by atoms with Gasteiger partial charge in [-0.1, -0.05) is 11.6 Å². The summed E-state index contributed by atoms with van der Waals surface area (Å²) in [4.78, 5) is 4.20. The summed E-state index contributed by atoms with van der Waals surface area (Å²) < 4.78 is 1.84. The third-order valence-corrected chi connectivity index (χ3v) is 4.16. The van der Waals surface area contributed by atoms with Crippen molar-refractivity contribution in [3.05, 3.63) is 17.2 Å².